The summed E-state index contributed by atoms with van der Waals surface area (Å²) in [5.41, 5.74) is 0. The monoisotopic (exact) mass is 611 g/mol. The highest BCUT2D eigenvalue weighted by molar-refractivity contribution is 7.06. The van der Waals surface area contributed by atoms with Crippen LogP contribution in [-0.4, -0.2) is 67.6 Å². The molecule has 0 aromatic heterocycles. The van der Waals surface area contributed by atoms with Crippen molar-refractivity contribution in [2.45, 2.75) is 72.1 Å². The molecular weight excluding hydrogens is 607 g/mol. The third-order valence-corrected chi connectivity index (χ3v) is 5.37. The van der Waals surface area contributed by atoms with Crippen molar-refractivity contribution in [2.24, 2.45) is 0 Å². The highest BCUT2D eigenvalue weighted by Gasteiger charge is 2.97. The van der Waals surface area contributed by atoms with E-state index in [1.165, 1.54) is 0 Å². The molecule has 1 radical (unpaired) electrons. The summed E-state index contributed by atoms with van der Waals surface area (Å²) < 4.78 is 274. The summed E-state index contributed by atoms with van der Waals surface area (Å²) in [6, 6.07) is -2.70. The molecule has 0 heterocycles. The molecule has 0 aliphatic heterocycles. The van der Waals surface area contributed by atoms with E-state index >= 15 is 0 Å². The topological polar surface area (TPSA) is 0 Å². The van der Waals surface area contributed by atoms with Gasteiger partial charge in [-0.05, 0) is 0 Å². The number of hydrogen-bond acceptors (Lipinski definition) is 0. The standard InChI is InChI=1S/C12H5ClF21Si/c1-35(13)2-3(14,15)4(16,17)5(18,19)6(20,21)7(22,23)8(24,25)9(26,27)10(28,29)11(30,31)12(32,33)34/h2H2,1H3. The van der Waals surface area contributed by atoms with E-state index in [0.29, 0.717) is 6.55 Å². The summed E-state index contributed by atoms with van der Waals surface area (Å²) in [6.45, 7) is 0.388. The van der Waals surface area contributed by atoms with Crippen LogP contribution in [0.1, 0.15) is 0 Å². The van der Waals surface area contributed by atoms with Crippen molar-refractivity contribution in [1.82, 2.24) is 0 Å². The van der Waals surface area contributed by atoms with Gasteiger partial charge in [-0.25, -0.2) is 0 Å². The van der Waals surface area contributed by atoms with E-state index in [1.54, 1.807) is 0 Å². The number of hydrogen-bond donors (Lipinski definition) is 0. The smallest absolute Gasteiger partial charge is 0.200 e. The summed E-state index contributed by atoms with van der Waals surface area (Å²) in [5.74, 6) is -76.6. The Morgan fingerprint density at radius 3 is 0.800 bits per heavy atom. The summed E-state index contributed by atoms with van der Waals surface area (Å²) >= 11 is 4.83. The molecule has 0 amide bonds. The maximum absolute atomic E-state index is 13.5. The second-order valence-electron chi connectivity index (χ2n) is 6.65. The van der Waals surface area contributed by atoms with Crippen LogP contribution < -0.4 is 0 Å². The fraction of sp³-hybridized carbons (Fsp3) is 1.00. The van der Waals surface area contributed by atoms with Crippen LogP contribution in [0.2, 0.25) is 12.6 Å². The zero-order chi connectivity index (χ0) is 29.3. The van der Waals surface area contributed by atoms with E-state index in [1.807, 2.05) is 0 Å². The van der Waals surface area contributed by atoms with E-state index in [2.05, 4.69) is 0 Å². The Balaban J connectivity index is 7.03. The van der Waals surface area contributed by atoms with Gasteiger partial charge in [-0.2, -0.15) is 103 Å². The van der Waals surface area contributed by atoms with Crippen molar-refractivity contribution in [1.29, 1.82) is 0 Å². The van der Waals surface area contributed by atoms with Gasteiger partial charge < -0.3 is 0 Å². The first-order valence-electron chi connectivity index (χ1n) is 7.61. The maximum atomic E-state index is 13.5. The predicted octanol–water partition coefficient (Wildman–Crippen LogP) is 8.13. The molecular formula is C12H5ClF21Si. The van der Waals surface area contributed by atoms with Crippen LogP contribution in [0.3, 0.4) is 0 Å². The first-order valence-corrected chi connectivity index (χ1v) is 10.8. The summed E-state index contributed by atoms with van der Waals surface area (Å²) in [5, 5.41) is 0. The SMILES string of the molecule is C[Si](Cl)CC(F)(F)C(F)(F)C(F)(F)C(F)(F)C(F)(F)C(F)(F)C(F)(F)C(F)(F)C(F)(F)C(F)(F)F. The fourth-order valence-corrected chi connectivity index (χ4v) is 3.35. The van der Waals surface area contributed by atoms with Crippen LogP contribution in [-0.2, 0) is 0 Å². The van der Waals surface area contributed by atoms with Crippen molar-refractivity contribution in [3.63, 3.8) is 0 Å². The van der Waals surface area contributed by atoms with Gasteiger partial charge in [-0.3, -0.25) is 0 Å². The Morgan fingerprint density at radius 1 is 0.400 bits per heavy atom. The van der Waals surface area contributed by atoms with E-state index in [0.717, 1.165) is 0 Å². The zero-order valence-electron chi connectivity index (χ0n) is 15.5. The first-order chi connectivity index (χ1) is 14.7. The lowest BCUT2D eigenvalue weighted by atomic mass is 9.86. The van der Waals surface area contributed by atoms with Gasteiger partial charge in [0.2, 0.25) is 0 Å². The minimum absolute atomic E-state index is 0.388. The molecule has 23 heteroatoms. The van der Waals surface area contributed by atoms with Gasteiger partial charge in [0, 0.05) is 6.04 Å². The summed E-state index contributed by atoms with van der Waals surface area (Å²) in [6.07, 6.45) is -7.99. The molecule has 0 unspecified atom stereocenters. The molecule has 35 heavy (non-hydrogen) atoms. The lowest BCUT2D eigenvalue weighted by Gasteiger charge is -2.44. The lowest BCUT2D eigenvalue weighted by Crippen LogP contribution is -2.76. The van der Waals surface area contributed by atoms with Crippen LogP contribution in [0.15, 0.2) is 0 Å². The molecule has 0 aliphatic rings. The van der Waals surface area contributed by atoms with E-state index in [-0.39, 0.29) is 0 Å². The molecule has 0 nitrogen and oxygen atoms in total. The molecule has 0 N–H and O–H groups in total. The van der Waals surface area contributed by atoms with Crippen LogP contribution in [0.25, 0.3) is 0 Å². The largest absolute Gasteiger partial charge is 0.460 e. The Hall–Kier alpha value is -0.963. The van der Waals surface area contributed by atoms with Crippen LogP contribution in [0.4, 0.5) is 92.2 Å². The molecule has 0 aromatic carbocycles. The summed E-state index contributed by atoms with van der Waals surface area (Å²) in [4.78, 5) is 0. The molecule has 0 bridgehead atoms. The number of halogens is 22. The normalized spacial score (nSPS) is 16.8. The Bertz CT molecular complexity index is 765. The highest BCUT2D eigenvalue weighted by atomic mass is 35.6. The van der Waals surface area contributed by atoms with Crippen LogP contribution >= 0.6 is 11.1 Å². The minimum atomic E-state index is -9.15. The lowest BCUT2D eigenvalue weighted by molar-refractivity contribution is -0.473. The Labute approximate surface area is 184 Å². The molecule has 0 fully saturated rings. The molecule has 0 rings (SSSR count). The average Bonchev–Trinajstić information content (AvgIpc) is 2.58. The minimum Gasteiger partial charge on any atom is -0.200 e. The average molecular weight is 612 g/mol. The fourth-order valence-electron chi connectivity index (χ4n) is 2.01. The van der Waals surface area contributed by atoms with Gasteiger partial charge in [-0.1, -0.05) is 6.55 Å². The van der Waals surface area contributed by atoms with Gasteiger partial charge in [0.25, 0.3) is 0 Å². The van der Waals surface area contributed by atoms with E-state index in [9.17, 15) is 92.2 Å². The van der Waals surface area contributed by atoms with Crippen molar-refractivity contribution in [3.05, 3.63) is 0 Å². The van der Waals surface area contributed by atoms with Crippen LogP contribution in [0.5, 0.6) is 0 Å². The molecule has 0 spiro atoms. The van der Waals surface area contributed by atoms with Crippen LogP contribution in [0, 0.1) is 0 Å². The molecule has 0 aromatic rings. The Kier molecular flexibility index (Phi) is 8.30. The molecule has 211 valence electrons. The van der Waals surface area contributed by atoms with Crippen molar-refractivity contribution in [2.75, 3.05) is 0 Å². The zero-order valence-corrected chi connectivity index (χ0v) is 17.3. The molecule has 0 atom stereocenters. The third kappa shape index (κ3) is 4.40. The van der Waals surface area contributed by atoms with Crippen molar-refractivity contribution in [3.8, 4) is 0 Å². The van der Waals surface area contributed by atoms with Gasteiger partial charge in [-0.15, -0.1) is 0 Å². The second kappa shape index (κ2) is 8.53. The Morgan fingerprint density at radius 2 is 0.600 bits per heavy atom. The maximum Gasteiger partial charge on any atom is 0.460 e. The summed E-state index contributed by atoms with van der Waals surface area (Å²) in [7, 11) is -3.39. The highest BCUT2D eigenvalue weighted by Crippen LogP contribution is 2.66. The van der Waals surface area contributed by atoms with Gasteiger partial charge in [0.05, 0.1) is 0 Å². The number of rotatable bonds is 10. The molecule has 0 aliphatic carbocycles. The molecule has 0 saturated carbocycles. The second-order valence-corrected chi connectivity index (χ2v) is 10.3. The van der Waals surface area contributed by atoms with Crippen molar-refractivity contribution >= 4 is 19.2 Å². The molecule has 0 saturated heterocycles. The number of alkyl halides is 21. The van der Waals surface area contributed by atoms with Crippen molar-refractivity contribution < 1.29 is 92.2 Å². The third-order valence-electron chi connectivity index (χ3n) is 4.04. The van der Waals surface area contributed by atoms with Gasteiger partial charge in [0.15, 0.2) is 8.11 Å². The predicted molar refractivity (Wildman–Crippen MR) is 72.9 cm³/mol. The first kappa shape index (κ1) is 34.0. The quantitative estimate of drug-likeness (QED) is 0.133. The van der Waals surface area contributed by atoms with Gasteiger partial charge >= 0.3 is 59.5 Å². The van der Waals surface area contributed by atoms with E-state index in [4.69, 9.17) is 11.1 Å². The van der Waals surface area contributed by atoms with Gasteiger partial charge in [0.1, 0.15) is 0 Å². The van der Waals surface area contributed by atoms with E-state index < -0.39 is 73.6 Å².